The van der Waals surface area contributed by atoms with E-state index in [9.17, 15) is 8.42 Å². The Bertz CT molecular complexity index is 529. The fourth-order valence-corrected chi connectivity index (χ4v) is 5.83. The van der Waals surface area contributed by atoms with Gasteiger partial charge in [0, 0.05) is 24.5 Å². The van der Waals surface area contributed by atoms with E-state index in [2.05, 4.69) is 15.9 Å². The van der Waals surface area contributed by atoms with Crippen molar-refractivity contribution in [3.05, 3.63) is 14.7 Å². The van der Waals surface area contributed by atoms with Gasteiger partial charge in [-0.05, 0) is 28.9 Å². The van der Waals surface area contributed by atoms with Crippen LogP contribution in [0.2, 0.25) is 0 Å². The van der Waals surface area contributed by atoms with Gasteiger partial charge in [0.25, 0.3) is 0 Å². The number of sulfonamides is 1. The normalized spacial score (nSPS) is 22.3. The molecule has 2 heterocycles. The van der Waals surface area contributed by atoms with Gasteiger partial charge in [-0.15, -0.1) is 11.3 Å². The highest BCUT2D eigenvalue weighted by Gasteiger charge is 2.31. The third-order valence-corrected chi connectivity index (χ3v) is 6.87. The first kappa shape index (κ1) is 14.4. The summed E-state index contributed by atoms with van der Waals surface area (Å²) in [5, 5.41) is 0. The Morgan fingerprint density at radius 3 is 2.94 bits per heavy atom. The zero-order chi connectivity index (χ0) is 13.3. The second-order valence-electron chi connectivity index (χ2n) is 4.10. The number of hydrogen-bond acceptors (Lipinski definition) is 5. The fourth-order valence-electron chi connectivity index (χ4n) is 1.82. The molecule has 1 fully saturated rings. The summed E-state index contributed by atoms with van der Waals surface area (Å²) in [6, 6.07) is 1.64. The molecule has 0 aromatic carbocycles. The van der Waals surface area contributed by atoms with Crippen LogP contribution in [0.3, 0.4) is 0 Å². The van der Waals surface area contributed by atoms with Gasteiger partial charge in [-0.1, -0.05) is 0 Å². The molecule has 8 heteroatoms. The number of morpholine rings is 1. The van der Waals surface area contributed by atoms with E-state index in [1.165, 1.54) is 15.6 Å². The van der Waals surface area contributed by atoms with E-state index in [0.717, 1.165) is 4.88 Å². The van der Waals surface area contributed by atoms with Crippen LogP contribution in [0.4, 0.5) is 0 Å². The number of ether oxygens (including phenoxy) is 1. The van der Waals surface area contributed by atoms with Crippen LogP contribution in [0.1, 0.15) is 11.8 Å². The second-order valence-corrected chi connectivity index (χ2v) is 8.46. The summed E-state index contributed by atoms with van der Waals surface area (Å²) in [5.74, 6) is 0. The van der Waals surface area contributed by atoms with Crippen LogP contribution in [-0.4, -0.2) is 38.5 Å². The largest absolute Gasteiger partial charge is 0.376 e. The molecule has 1 aliphatic heterocycles. The van der Waals surface area contributed by atoms with Gasteiger partial charge >= 0.3 is 0 Å². The summed E-state index contributed by atoms with van der Waals surface area (Å²) in [4.78, 5) is 1.16. The van der Waals surface area contributed by atoms with Crippen molar-refractivity contribution >= 4 is 37.3 Å². The Labute approximate surface area is 119 Å². The highest BCUT2D eigenvalue weighted by molar-refractivity contribution is 9.11. The number of nitrogens with zero attached hydrogens (tertiary/aromatic N) is 1. The molecule has 1 atom stereocenters. The standard InChI is InChI=1S/C10H15BrN2O3S2/c1-7-6-13(2-3-16-7)18(14,15)9-4-8(5-12)17-10(9)11/h4,7H,2-3,5-6,12H2,1H3. The molecule has 1 aromatic heterocycles. The molecule has 2 N–H and O–H groups in total. The Kier molecular flexibility index (Phi) is 4.45. The van der Waals surface area contributed by atoms with Gasteiger partial charge in [0.2, 0.25) is 10.0 Å². The lowest BCUT2D eigenvalue weighted by Crippen LogP contribution is -2.44. The average molecular weight is 355 g/mol. The molecular formula is C10H15BrN2O3S2. The van der Waals surface area contributed by atoms with Crippen molar-refractivity contribution in [2.45, 2.75) is 24.5 Å². The highest BCUT2D eigenvalue weighted by atomic mass is 79.9. The molecule has 1 aliphatic rings. The Balaban J connectivity index is 2.32. The number of nitrogens with two attached hydrogens (primary N) is 1. The predicted octanol–water partition coefficient (Wildman–Crippen LogP) is 1.38. The number of thiophene rings is 1. The molecule has 0 amide bonds. The van der Waals surface area contributed by atoms with E-state index in [0.29, 0.717) is 34.9 Å². The monoisotopic (exact) mass is 354 g/mol. The molecule has 2 rings (SSSR count). The first-order valence-corrected chi connectivity index (χ1v) is 8.60. The lowest BCUT2D eigenvalue weighted by molar-refractivity contribution is 0.0102. The maximum absolute atomic E-state index is 12.5. The van der Waals surface area contributed by atoms with Crippen LogP contribution < -0.4 is 5.73 Å². The van der Waals surface area contributed by atoms with Crippen molar-refractivity contribution in [3.63, 3.8) is 0 Å². The summed E-state index contributed by atoms with van der Waals surface area (Å²) in [6.45, 7) is 3.44. The van der Waals surface area contributed by atoms with Crippen molar-refractivity contribution in [3.8, 4) is 0 Å². The van der Waals surface area contributed by atoms with E-state index in [1.54, 1.807) is 6.07 Å². The number of halogens is 1. The smallest absolute Gasteiger partial charge is 0.245 e. The van der Waals surface area contributed by atoms with Gasteiger partial charge in [-0.3, -0.25) is 0 Å². The van der Waals surface area contributed by atoms with Crippen molar-refractivity contribution in [2.24, 2.45) is 5.73 Å². The fraction of sp³-hybridized carbons (Fsp3) is 0.600. The summed E-state index contributed by atoms with van der Waals surface area (Å²) in [7, 11) is -3.45. The quantitative estimate of drug-likeness (QED) is 0.889. The Morgan fingerprint density at radius 2 is 2.39 bits per heavy atom. The summed E-state index contributed by atoms with van der Waals surface area (Å²) >= 11 is 4.66. The van der Waals surface area contributed by atoms with Crippen LogP contribution in [0.15, 0.2) is 14.7 Å². The first-order chi connectivity index (χ1) is 8.45. The molecule has 0 saturated carbocycles. The predicted molar refractivity (Wildman–Crippen MR) is 74.1 cm³/mol. The third kappa shape index (κ3) is 2.78. The Hall–Kier alpha value is 0.01000. The van der Waals surface area contributed by atoms with Crippen molar-refractivity contribution in [1.82, 2.24) is 4.31 Å². The molecule has 1 unspecified atom stereocenters. The van der Waals surface area contributed by atoms with Gasteiger partial charge in [0.15, 0.2) is 0 Å². The van der Waals surface area contributed by atoms with Crippen LogP contribution in [0.5, 0.6) is 0 Å². The molecule has 0 bridgehead atoms. The van der Waals surface area contributed by atoms with Gasteiger partial charge in [0.05, 0.1) is 16.5 Å². The maximum Gasteiger partial charge on any atom is 0.245 e. The van der Waals surface area contributed by atoms with E-state index in [4.69, 9.17) is 10.5 Å². The first-order valence-electron chi connectivity index (χ1n) is 5.55. The Morgan fingerprint density at radius 1 is 1.67 bits per heavy atom. The minimum Gasteiger partial charge on any atom is -0.376 e. The maximum atomic E-state index is 12.5. The molecule has 102 valence electrons. The van der Waals surface area contributed by atoms with Crippen LogP contribution >= 0.6 is 27.3 Å². The van der Waals surface area contributed by atoms with E-state index >= 15 is 0 Å². The zero-order valence-corrected chi connectivity index (χ0v) is 13.1. The van der Waals surface area contributed by atoms with Gasteiger partial charge in [-0.2, -0.15) is 4.31 Å². The van der Waals surface area contributed by atoms with Crippen molar-refractivity contribution in [2.75, 3.05) is 19.7 Å². The van der Waals surface area contributed by atoms with Crippen LogP contribution in [0, 0.1) is 0 Å². The van der Waals surface area contributed by atoms with Crippen molar-refractivity contribution < 1.29 is 13.2 Å². The number of rotatable bonds is 3. The SMILES string of the molecule is CC1CN(S(=O)(=O)c2cc(CN)sc2Br)CCO1. The van der Waals surface area contributed by atoms with Gasteiger partial charge < -0.3 is 10.5 Å². The molecule has 18 heavy (non-hydrogen) atoms. The van der Waals surface area contributed by atoms with Crippen molar-refractivity contribution in [1.29, 1.82) is 0 Å². The molecule has 0 aliphatic carbocycles. The van der Waals surface area contributed by atoms with Crippen LogP contribution in [0.25, 0.3) is 0 Å². The third-order valence-electron chi connectivity index (χ3n) is 2.73. The minimum atomic E-state index is -3.45. The summed E-state index contributed by atoms with van der Waals surface area (Å²) in [6.07, 6.45) is -0.0695. The minimum absolute atomic E-state index is 0.0695. The van der Waals surface area contributed by atoms with E-state index in [-0.39, 0.29) is 6.10 Å². The van der Waals surface area contributed by atoms with E-state index in [1.807, 2.05) is 6.92 Å². The zero-order valence-electron chi connectivity index (χ0n) is 9.93. The summed E-state index contributed by atoms with van der Waals surface area (Å²) in [5.41, 5.74) is 5.54. The molecular weight excluding hydrogens is 340 g/mol. The topological polar surface area (TPSA) is 72.6 Å². The molecule has 1 saturated heterocycles. The molecule has 0 radical (unpaired) electrons. The molecule has 5 nitrogen and oxygen atoms in total. The van der Waals surface area contributed by atoms with Crippen LogP contribution in [-0.2, 0) is 21.3 Å². The van der Waals surface area contributed by atoms with Gasteiger partial charge in [0.1, 0.15) is 4.90 Å². The lowest BCUT2D eigenvalue weighted by atomic mass is 10.3. The number of hydrogen-bond donors (Lipinski definition) is 1. The molecule has 0 spiro atoms. The second kappa shape index (κ2) is 5.56. The molecule has 1 aromatic rings. The van der Waals surface area contributed by atoms with E-state index < -0.39 is 10.0 Å². The van der Waals surface area contributed by atoms with Gasteiger partial charge in [-0.25, -0.2) is 8.42 Å². The summed E-state index contributed by atoms with van der Waals surface area (Å²) < 4.78 is 32.4. The lowest BCUT2D eigenvalue weighted by Gasteiger charge is -2.30. The average Bonchev–Trinajstić information content (AvgIpc) is 2.71. The highest BCUT2D eigenvalue weighted by Crippen LogP contribution is 2.33.